The third-order valence-electron chi connectivity index (χ3n) is 5.16. The molecule has 5 nitrogen and oxygen atoms in total. The molecule has 0 saturated carbocycles. The van der Waals surface area contributed by atoms with Crippen molar-refractivity contribution in [2.45, 2.75) is 76.7 Å². The van der Waals surface area contributed by atoms with E-state index in [4.69, 9.17) is 0 Å². The number of nitrogens with one attached hydrogen (secondary N) is 1. The van der Waals surface area contributed by atoms with E-state index in [9.17, 15) is 18.0 Å². The van der Waals surface area contributed by atoms with Crippen LogP contribution in [0.5, 0.6) is 0 Å². The fourth-order valence-electron chi connectivity index (χ4n) is 3.83. The predicted molar refractivity (Wildman–Crippen MR) is 88.2 cm³/mol. The van der Waals surface area contributed by atoms with Gasteiger partial charge in [0.1, 0.15) is 5.82 Å². The van der Waals surface area contributed by atoms with Crippen LogP contribution in [-0.4, -0.2) is 39.4 Å². The zero-order chi connectivity index (χ0) is 18.2. The number of alkyl halides is 3. The minimum Gasteiger partial charge on any atom is -0.367 e. The molecule has 0 spiro atoms. The Morgan fingerprint density at radius 3 is 2.80 bits per heavy atom. The van der Waals surface area contributed by atoms with Crippen molar-refractivity contribution >= 4 is 11.7 Å². The van der Waals surface area contributed by atoms with Crippen LogP contribution in [0.25, 0.3) is 0 Å². The summed E-state index contributed by atoms with van der Waals surface area (Å²) in [6.45, 7) is 4.47. The number of rotatable bonds is 4. The van der Waals surface area contributed by atoms with Crippen molar-refractivity contribution in [2.24, 2.45) is 0 Å². The third kappa shape index (κ3) is 3.48. The van der Waals surface area contributed by atoms with Crippen LogP contribution < -0.4 is 5.32 Å². The Morgan fingerprint density at radius 2 is 2.16 bits per heavy atom. The minimum atomic E-state index is -4.33. The van der Waals surface area contributed by atoms with Gasteiger partial charge in [0.2, 0.25) is 5.91 Å². The molecule has 1 aromatic rings. The Morgan fingerprint density at radius 1 is 1.40 bits per heavy atom. The number of halogens is 3. The highest BCUT2D eigenvalue weighted by Gasteiger charge is 2.46. The van der Waals surface area contributed by atoms with Gasteiger partial charge < -0.3 is 10.2 Å². The van der Waals surface area contributed by atoms with Gasteiger partial charge in [0.15, 0.2) is 6.04 Å². The largest absolute Gasteiger partial charge is 0.410 e. The SMILES string of the molecule is CCCC(=O)N1CCC[C@H]1c1cc2n(n1)[C@@H](C(F)(F)F)C[C@@H](CC)N2. The molecule has 1 saturated heterocycles. The molecule has 25 heavy (non-hydrogen) atoms. The van der Waals surface area contributed by atoms with E-state index in [-0.39, 0.29) is 24.4 Å². The molecule has 0 aromatic carbocycles. The summed E-state index contributed by atoms with van der Waals surface area (Å²) in [4.78, 5) is 14.1. The van der Waals surface area contributed by atoms with E-state index in [1.165, 1.54) is 0 Å². The number of amides is 1. The predicted octanol–water partition coefficient (Wildman–Crippen LogP) is 4.04. The molecule has 8 heteroatoms. The molecule has 0 radical (unpaired) electrons. The van der Waals surface area contributed by atoms with Crippen molar-refractivity contribution in [3.05, 3.63) is 11.8 Å². The van der Waals surface area contributed by atoms with E-state index in [0.717, 1.165) is 23.9 Å². The van der Waals surface area contributed by atoms with Crippen molar-refractivity contribution in [1.29, 1.82) is 0 Å². The van der Waals surface area contributed by atoms with Crippen LogP contribution in [0.15, 0.2) is 6.07 Å². The van der Waals surface area contributed by atoms with Gasteiger partial charge in [-0.05, 0) is 32.1 Å². The molecular formula is C17H25F3N4O. The van der Waals surface area contributed by atoms with Crippen molar-refractivity contribution in [2.75, 3.05) is 11.9 Å². The quantitative estimate of drug-likeness (QED) is 0.884. The van der Waals surface area contributed by atoms with Gasteiger partial charge in [-0.2, -0.15) is 18.3 Å². The standard InChI is InChI=1S/C17H25F3N4O/c1-3-6-16(25)23-8-5-7-13(23)12-10-15-21-11(4-2)9-14(17(18,19)20)24(15)22-12/h10-11,13-14,21H,3-9H2,1-2H3/t11-,13+,14-/m1/s1. The Labute approximate surface area is 145 Å². The van der Waals surface area contributed by atoms with Gasteiger partial charge >= 0.3 is 6.18 Å². The molecule has 0 bridgehead atoms. The molecule has 1 N–H and O–H groups in total. The zero-order valence-electron chi connectivity index (χ0n) is 14.6. The van der Waals surface area contributed by atoms with Gasteiger partial charge in [0.05, 0.1) is 11.7 Å². The second kappa shape index (κ2) is 6.88. The van der Waals surface area contributed by atoms with Crippen LogP contribution in [-0.2, 0) is 4.79 Å². The number of likely N-dealkylation sites (tertiary alicyclic amines) is 1. The molecule has 3 rings (SSSR count). The van der Waals surface area contributed by atoms with Crippen LogP contribution in [0.2, 0.25) is 0 Å². The number of hydrogen-bond donors (Lipinski definition) is 1. The summed E-state index contributed by atoms with van der Waals surface area (Å²) in [5, 5.41) is 7.44. The summed E-state index contributed by atoms with van der Waals surface area (Å²) in [6.07, 6.45) is -0.894. The van der Waals surface area contributed by atoms with E-state index in [0.29, 0.717) is 30.9 Å². The lowest BCUT2D eigenvalue weighted by Crippen LogP contribution is -2.39. The van der Waals surface area contributed by atoms with Gasteiger partial charge in [-0.1, -0.05) is 13.8 Å². The Bertz CT molecular complexity index is 628. The van der Waals surface area contributed by atoms with E-state index < -0.39 is 12.2 Å². The number of fused-ring (bicyclic) bond motifs is 1. The first-order valence-electron chi connectivity index (χ1n) is 9.07. The Hall–Kier alpha value is -1.73. The summed E-state index contributed by atoms with van der Waals surface area (Å²) >= 11 is 0. The first-order chi connectivity index (χ1) is 11.8. The number of carbonyl (C=O) groups excluding carboxylic acids is 1. The normalized spacial score (nSPS) is 26.4. The van der Waals surface area contributed by atoms with Gasteiger partial charge in [0, 0.05) is 25.1 Å². The number of nitrogens with zero attached hydrogens (tertiary/aromatic N) is 3. The molecule has 3 atom stereocenters. The maximum Gasteiger partial charge on any atom is 0.410 e. The highest BCUT2D eigenvalue weighted by Crippen LogP contribution is 2.42. The van der Waals surface area contributed by atoms with E-state index in [2.05, 4.69) is 10.4 Å². The van der Waals surface area contributed by atoms with Gasteiger partial charge in [0.25, 0.3) is 0 Å². The molecule has 3 heterocycles. The second-order valence-corrected chi connectivity index (χ2v) is 6.94. The topological polar surface area (TPSA) is 50.2 Å². The molecule has 1 fully saturated rings. The highest BCUT2D eigenvalue weighted by atomic mass is 19.4. The average molecular weight is 358 g/mol. The van der Waals surface area contributed by atoms with Gasteiger partial charge in [-0.15, -0.1) is 0 Å². The van der Waals surface area contributed by atoms with Crippen LogP contribution in [0.4, 0.5) is 19.0 Å². The number of hydrogen-bond acceptors (Lipinski definition) is 3. The van der Waals surface area contributed by atoms with Crippen molar-refractivity contribution in [1.82, 2.24) is 14.7 Å². The molecule has 1 aromatic heterocycles. The zero-order valence-corrected chi connectivity index (χ0v) is 14.6. The van der Waals surface area contributed by atoms with E-state index in [1.807, 2.05) is 13.8 Å². The molecular weight excluding hydrogens is 333 g/mol. The summed E-state index contributed by atoms with van der Waals surface area (Å²) < 4.78 is 41.5. The second-order valence-electron chi connectivity index (χ2n) is 6.94. The fraction of sp³-hybridized carbons (Fsp3) is 0.765. The lowest BCUT2D eigenvalue weighted by molar-refractivity contribution is -0.173. The van der Waals surface area contributed by atoms with Crippen LogP contribution in [0.3, 0.4) is 0 Å². The lowest BCUT2D eigenvalue weighted by Gasteiger charge is -2.32. The number of aromatic nitrogens is 2. The molecule has 0 unspecified atom stereocenters. The summed E-state index contributed by atoms with van der Waals surface area (Å²) in [5.41, 5.74) is 0.565. The number of carbonyl (C=O) groups is 1. The Kier molecular flexibility index (Phi) is 4.97. The fourth-order valence-corrected chi connectivity index (χ4v) is 3.83. The van der Waals surface area contributed by atoms with Crippen LogP contribution in [0, 0.1) is 0 Å². The smallest absolute Gasteiger partial charge is 0.367 e. The first kappa shape index (κ1) is 18.1. The third-order valence-corrected chi connectivity index (χ3v) is 5.16. The molecule has 0 aliphatic carbocycles. The molecule has 1 amide bonds. The van der Waals surface area contributed by atoms with Crippen LogP contribution in [0.1, 0.15) is 70.2 Å². The molecule has 140 valence electrons. The maximum atomic E-state index is 13.5. The highest BCUT2D eigenvalue weighted by molar-refractivity contribution is 5.77. The lowest BCUT2D eigenvalue weighted by atomic mass is 10.0. The minimum absolute atomic E-state index is 0.0166. The van der Waals surface area contributed by atoms with Crippen molar-refractivity contribution in [3.63, 3.8) is 0 Å². The molecule has 2 aliphatic heterocycles. The van der Waals surface area contributed by atoms with Crippen molar-refractivity contribution < 1.29 is 18.0 Å². The van der Waals surface area contributed by atoms with E-state index >= 15 is 0 Å². The Balaban J connectivity index is 1.90. The van der Waals surface area contributed by atoms with Gasteiger partial charge in [-0.25, -0.2) is 4.68 Å². The molecule has 2 aliphatic rings. The van der Waals surface area contributed by atoms with Crippen LogP contribution >= 0.6 is 0 Å². The summed E-state index contributed by atoms with van der Waals surface area (Å²) in [7, 11) is 0. The average Bonchev–Trinajstić information content (AvgIpc) is 3.19. The number of anilines is 1. The van der Waals surface area contributed by atoms with Gasteiger partial charge in [-0.3, -0.25) is 4.79 Å². The summed E-state index contributed by atoms with van der Waals surface area (Å²) in [5.74, 6) is 0.466. The van der Waals surface area contributed by atoms with Crippen molar-refractivity contribution in [3.8, 4) is 0 Å². The monoisotopic (exact) mass is 358 g/mol. The summed E-state index contributed by atoms with van der Waals surface area (Å²) in [6, 6.07) is -0.343. The maximum absolute atomic E-state index is 13.5. The van der Waals surface area contributed by atoms with E-state index in [1.54, 1.807) is 11.0 Å². The first-order valence-corrected chi connectivity index (χ1v) is 9.07.